The molecule has 0 bridgehead atoms. The highest BCUT2D eigenvalue weighted by atomic mass is 35.5. The molecule has 10 heteroatoms. The van der Waals surface area contributed by atoms with Crippen molar-refractivity contribution in [2.24, 2.45) is 0 Å². The third-order valence-electron chi connectivity index (χ3n) is 2.46. The second kappa shape index (κ2) is 5.52. The highest BCUT2D eigenvalue weighted by molar-refractivity contribution is 6.28. The number of aromatic nitrogens is 2. The molecule has 0 aliphatic rings. The summed E-state index contributed by atoms with van der Waals surface area (Å²) >= 11 is 5.59. The van der Waals surface area contributed by atoms with E-state index in [0.29, 0.717) is 12.1 Å². The van der Waals surface area contributed by atoms with Crippen molar-refractivity contribution in [2.75, 3.05) is 5.32 Å². The van der Waals surface area contributed by atoms with Gasteiger partial charge in [0.25, 0.3) is 0 Å². The molecule has 0 aliphatic heterocycles. The predicted molar refractivity (Wildman–Crippen MR) is 68.0 cm³/mol. The second-order valence-corrected chi connectivity index (χ2v) is 4.25. The van der Waals surface area contributed by atoms with Gasteiger partial charge in [-0.3, -0.25) is 10.1 Å². The van der Waals surface area contributed by atoms with Crippen LogP contribution in [0.4, 0.5) is 30.4 Å². The minimum absolute atomic E-state index is 0.0365. The molecule has 0 radical (unpaired) electrons. The first-order valence-corrected chi connectivity index (χ1v) is 5.77. The van der Waals surface area contributed by atoms with Gasteiger partial charge in [0.2, 0.25) is 11.1 Å². The van der Waals surface area contributed by atoms with E-state index in [2.05, 4.69) is 15.3 Å². The molecule has 0 aliphatic carbocycles. The Labute approximate surface area is 120 Å². The Morgan fingerprint density at radius 2 is 1.81 bits per heavy atom. The first kappa shape index (κ1) is 15.0. The topological polar surface area (TPSA) is 81.0 Å². The van der Waals surface area contributed by atoms with Crippen LogP contribution in [0.5, 0.6) is 0 Å². The molecule has 0 saturated heterocycles. The smallest absolute Gasteiger partial charge is 0.332 e. The molecule has 1 N–H and O–H groups in total. The number of hydrogen-bond donors (Lipinski definition) is 1. The van der Waals surface area contributed by atoms with Crippen molar-refractivity contribution in [3.8, 4) is 0 Å². The van der Waals surface area contributed by atoms with Crippen molar-refractivity contribution in [1.29, 1.82) is 0 Å². The molecule has 2 rings (SSSR count). The summed E-state index contributed by atoms with van der Waals surface area (Å²) in [5.74, 6) is -4.90. The summed E-state index contributed by atoms with van der Waals surface area (Å²) in [5, 5.41) is 13.0. The van der Waals surface area contributed by atoms with Gasteiger partial charge in [-0.1, -0.05) is 0 Å². The summed E-state index contributed by atoms with van der Waals surface area (Å²) in [4.78, 5) is 17.4. The van der Waals surface area contributed by atoms with E-state index in [-0.39, 0.29) is 22.5 Å². The molecule has 0 amide bonds. The molecule has 0 spiro atoms. The van der Waals surface area contributed by atoms with E-state index in [9.17, 15) is 23.3 Å². The monoisotopic (exact) mass is 318 g/mol. The molecular formula is C11H6ClF3N4O2. The van der Waals surface area contributed by atoms with Gasteiger partial charge in [0.15, 0.2) is 17.5 Å². The first-order chi connectivity index (χ1) is 9.79. The largest absolute Gasteiger partial charge is 0.334 e. The lowest BCUT2D eigenvalue weighted by Gasteiger charge is -2.08. The van der Waals surface area contributed by atoms with Crippen LogP contribution >= 0.6 is 11.6 Å². The number of benzene rings is 1. The number of nitrogens with one attached hydrogen (secondary N) is 1. The summed E-state index contributed by atoms with van der Waals surface area (Å²) in [5.41, 5.74) is -0.807. The number of hydrogen-bond acceptors (Lipinski definition) is 5. The van der Waals surface area contributed by atoms with Crippen LogP contribution in [0.15, 0.2) is 12.1 Å². The number of nitro groups is 1. The molecule has 1 heterocycles. The predicted octanol–water partition coefficient (Wildman–Crippen LogP) is 3.51. The van der Waals surface area contributed by atoms with Gasteiger partial charge < -0.3 is 5.32 Å². The normalized spacial score (nSPS) is 10.5. The Kier molecular flexibility index (Phi) is 3.94. The van der Waals surface area contributed by atoms with Crippen LogP contribution in [0.25, 0.3) is 0 Å². The van der Waals surface area contributed by atoms with E-state index in [1.165, 1.54) is 6.92 Å². The third kappa shape index (κ3) is 3.02. The Morgan fingerprint density at radius 3 is 2.33 bits per heavy atom. The maximum atomic E-state index is 13.1. The number of rotatable bonds is 3. The van der Waals surface area contributed by atoms with Gasteiger partial charge in [-0.15, -0.1) is 0 Å². The van der Waals surface area contributed by atoms with Crippen molar-refractivity contribution in [1.82, 2.24) is 9.97 Å². The number of anilines is 2. The highest BCUT2D eigenvalue weighted by Crippen LogP contribution is 2.30. The molecule has 110 valence electrons. The fraction of sp³-hybridized carbons (Fsp3) is 0.0909. The fourth-order valence-electron chi connectivity index (χ4n) is 1.60. The van der Waals surface area contributed by atoms with Gasteiger partial charge >= 0.3 is 5.69 Å². The van der Waals surface area contributed by atoms with E-state index in [1.54, 1.807) is 0 Å². The zero-order chi connectivity index (χ0) is 15.7. The minimum atomic E-state index is -1.65. The molecule has 1 aromatic carbocycles. The van der Waals surface area contributed by atoms with Gasteiger partial charge in [-0.25, -0.2) is 18.2 Å². The molecule has 21 heavy (non-hydrogen) atoms. The van der Waals surface area contributed by atoms with Gasteiger partial charge in [0.05, 0.1) is 4.92 Å². The summed E-state index contributed by atoms with van der Waals surface area (Å²) in [6, 6.07) is 1.26. The van der Waals surface area contributed by atoms with E-state index in [0.717, 1.165) is 0 Å². The van der Waals surface area contributed by atoms with Gasteiger partial charge in [-0.05, 0) is 18.5 Å². The van der Waals surface area contributed by atoms with Crippen LogP contribution in [0.2, 0.25) is 5.28 Å². The minimum Gasteiger partial charge on any atom is -0.334 e. The van der Waals surface area contributed by atoms with Crippen molar-refractivity contribution in [3.63, 3.8) is 0 Å². The van der Waals surface area contributed by atoms with Gasteiger partial charge in [-0.2, -0.15) is 4.98 Å². The maximum absolute atomic E-state index is 13.1. The maximum Gasteiger partial charge on any atom is 0.332 e. The molecular weight excluding hydrogens is 313 g/mol. The number of halogens is 4. The molecule has 0 unspecified atom stereocenters. The molecule has 1 aromatic heterocycles. The lowest BCUT2D eigenvalue weighted by atomic mass is 10.2. The zero-order valence-corrected chi connectivity index (χ0v) is 11.1. The molecule has 2 aromatic rings. The average molecular weight is 319 g/mol. The molecule has 0 atom stereocenters. The standard InChI is InChI=1S/C11H6ClF3N4O2/c1-4-9(19(20)21)10(18-11(12)16-4)17-5-2-6(13)8(15)7(14)3-5/h2-3H,1H3,(H,16,17,18). The van der Waals surface area contributed by atoms with Crippen LogP contribution in [0.1, 0.15) is 5.69 Å². The van der Waals surface area contributed by atoms with Crippen LogP contribution in [-0.2, 0) is 0 Å². The Hall–Kier alpha value is -2.42. The first-order valence-electron chi connectivity index (χ1n) is 5.39. The Morgan fingerprint density at radius 1 is 1.24 bits per heavy atom. The van der Waals surface area contributed by atoms with E-state index >= 15 is 0 Å². The van der Waals surface area contributed by atoms with E-state index < -0.39 is 28.1 Å². The van der Waals surface area contributed by atoms with Crippen molar-refractivity contribution in [2.45, 2.75) is 6.92 Å². The summed E-state index contributed by atoms with van der Waals surface area (Å²) in [6.07, 6.45) is 0. The summed E-state index contributed by atoms with van der Waals surface area (Å²) in [6.45, 7) is 1.32. The number of aryl methyl sites for hydroxylation is 1. The molecule has 6 nitrogen and oxygen atoms in total. The number of nitrogens with zero attached hydrogens (tertiary/aromatic N) is 3. The van der Waals surface area contributed by atoms with Crippen LogP contribution < -0.4 is 5.32 Å². The quantitative estimate of drug-likeness (QED) is 0.405. The van der Waals surface area contributed by atoms with E-state index in [4.69, 9.17) is 11.6 Å². The SMILES string of the molecule is Cc1nc(Cl)nc(Nc2cc(F)c(F)c(F)c2)c1[N+](=O)[O-]. The fourth-order valence-corrected chi connectivity index (χ4v) is 1.81. The van der Waals surface area contributed by atoms with Crippen molar-refractivity contribution >= 4 is 28.8 Å². The molecule has 0 fully saturated rings. The molecule has 0 saturated carbocycles. The van der Waals surface area contributed by atoms with Crippen LogP contribution in [0, 0.1) is 34.5 Å². The average Bonchev–Trinajstić information content (AvgIpc) is 2.34. The van der Waals surface area contributed by atoms with E-state index in [1.807, 2.05) is 0 Å². The Balaban J connectivity index is 2.51. The third-order valence-corrected chi connectivity index (χ3v) is 2.63. The zero-order valence-electron chi connectivity index (χ0n) is 10.3. The van der Waals surface area contributed by atoms with Crippen molar-refractivity contribution < 1.29 is 18.1 Å². The summed E-state index contributed by atoms with van der Waals surface area (Å²) < 4.78 is 39.1. The van der Waals surface area contributed by atoms with Crippen LogP contribution in [0.3, 0.4) is 0 Å². The van der Waals surface area contributed by atoms with Crippen LogP contribution in [-0.4, -0.2) is 14.9 Å². The Bertz CT molecular complexity index is 719. The summed E-state index contributed by atoms with van der Waals surface area (Å²) in [7, 11) is 0. The second-order valence-electron chi connectivity index (χ2n) is 3.91. The highest BCUT2D eigenvalue weighted by Gasteiger charge is 2.22. The lowest BCUT2D eigenvalue weighted by molar-refractivity contribution is -0.385. The van der Waals surface area contributed by atoms with Gasteiger partial charge in [0, 0.05) is 17.8 Å². The van der Waals surface area contributed by atoms with Crippen molar-refractivity contribution in [3.05, 3.63) is 50.7 Å². The van der Waals surface area contributed by atoms with Gasteiger partial charge in [0.1, 0.15) is 5.69 Å². The lowest BCUT2D eigenvalue weighted by Crippen LogP contribution is -2.05.